The largest absolute Gasteiger partial charge is 0.379 e. The van der Waals surface area contributed by atoms with E-state index in [-0.39, 0.29) is 0 Å². The third kappa shape index (κ3) is 4.79. The number of hydrogen-bond donors (Lipinski definition) is 3. The maximum absolute atomic E-state index is 5.38. The van der Waals surface area contributed by atoms with Crippen molar-refractivity contribution in [1.82, 2.24) is 35.0 Å². The van der Waals surface area contributed by atoms with Crippen LogP contribution in [0.3, 0.4) is 0 Å². The van der Waals surface area contributed by atoms with Gasteiger partial charge < -0.3 is 15.4 Å². The lowest BCUT2D eigenvalue weighted by molar-refractivity contribution is 0.0398. The van der Waals surface area contributed by atoms with E-state index in [1.54, 1.807) is 23.7 Å². The summed E-state index contributed by atoms with van der Waals surface area (Å²) in [4.78, 5) is 20.3. The lowest BCUT2D eigenvalue weighted by atomic mass is 10.2. The van der Waals surface area contributed by atoms with Gasteiger partial charge in [-0.2, -0.15) is 21.4 Å². The van der Waals surface area contributed by atoms with Crippen LogP contribution in [0.1, 0.15) is 5.56 Å². The monoisotopic (exact) mass is 437 g/mol. The Balaban J connectivity index is 1.25. The van der Waals surface area contributed by atoms with Gasteiger partial charge in [-0.15, -0.1) is 0 Å². The van der Waals surface area contributed by atoms with Crippen molar-refractivity contribution in [3.05, 3.63) is 40.8 Å². The number of anilines is 2. The number of thiophene rings is 1. The number of nitrogens with one attached hydrogen (secondary N) is 3. The second-order valence-corrected chi connectivity index (χ2v) is 7.94. The molecular weight excluding hydrogens is 414 g/mol. The number of aromatic amines is 1. The molecule has 0 spiro atoms. The van der Waals surface area contributed by atoms with Crippen molar-refractivity contribution in [1.29, 1.82) is 0 Å². The normalized spacial score (nSPS) is 14.7. The fraction of sp³-hybridized carbons (Fsp3) is 0.350. The van der Waals surface area contributed by atoms with Crippen LogP contribution in [-0.4, -0.2) is 74.4 Å². The van der Waals surface area contributed by atoms with Crippen LogP contribution in [-0.2, 0) is 11.3 Å². The van der Waals surface area contributed by atoms with Crippen LogP contribution in [0.2, 0.25) is 0 Å². The van der Waals surface area contributed by atoms with Crippen LogP contribution in [0, 0.1) is 0 Å². The van der Waals surface area contributed by atoms with E-state index in [0.29, 0.717) is 24.1 Å². The molecule has 0 atom stereocenters. The van der Waals surface area contributed by atoms with Crippen molar-refractivity contribution in [3.8, 4) is 11.4 Å². The number of nitrogens with zero attached hydrogens (tertiary/aromatic N) is 6. The highest BCUT2D eigenvalue weighted by molar-refractivity contribution is 7.07. The number of morpholine rings is 1. The predicted octanol–water partition coefficient (Wildman–Crippen LogP) is 2.23. The zero-order chi connectivity index (χ0) is 20.9. The highest BCUT2D eigenvalue weighted by atomic mass is 32.1. The van der Waals surface area contributed by atoms with E-state index in [1.807, 2.05) is 6.07 Å². The molecule has 1 aliphatic rings. The van der Waals surface area contributed by atoms with Crippen molar-refractivity contribution >= 4 is 34.3 Å². The van der Waals surface area contributed by atoms with Gasteiger partial charge in [0.05, 0.1) is 30.0 Å². The molecule has 0 bridgehead atoms. The molecule has 11 heteroatoms. The first-order valence-corrected chi connectivity index (χ1v) is 11.1. The van der Waals surface area contributed by atoms with Gasteiger partial charge in [-0.05, 0) is 28.5 Å². The molecule has 5 rings (SSSR count). The molecule has 10 nitrogen and oxygen atoms in total. The van der Waals surface area contributed by atoms with Gasteiger partial charge in [0.2, 0.25) is 11.9 Å². The first-order chi connectivity index (χ1) is 15.3. The summed E-state index contributed by atoms with van der Waals surface area (Å²) in [5, 5.41) is 18.9. The van der Waals surface area contributed by atoms with Gasteiger partial charge in [0.15, 0.2) is 5.65 Å². The Hall–Kier alpha value is -3.15. The molecule has 4 aromatic rings. The molecule has 0 unspecified atom stereocenters. The van der Waals surface area contributed by atoms with Crippen LogP contribution < -0.4 is 10.6 Å². The number of ether oxygens (including phenoxy) is 1. The van der Waals surface area contributed by atoms with Gasteiger partial charge in [0.1, 0.15) is 0 Å². The van der Waals surface area contributed by atoms with Crippen molar-refractivity contribution in [2.75, 3.05) is 50.0 Å². The molecule has 5 heterocycles. The van der Waals surface area contributed by atoms with Crippen LogP contribution in [0.15, 0.2) is 35.3 Å². The van der Waals surface area contributed by atoms with Crippen LogP contribution in [0.5, 0.6) is 0 Å². The highest BCUT2D eigenvalue weighted by Crippen LogP contribution is 2.24. The number of H-pyrrole nitrogens is 1. The molecule has 1 saturated heterocycles. The van der Waals surface area contributed by atoms with E-state index in [0.717, 1.165) is 56.2 Å². The molecule has 0 aliphatic carbocycles. The van der Waals surface area contributed by atoms with Gasteiger partial charge in [-0.25, -0.2) is 15.0 Å². The molecule has 0 aromatic carbocycles. The fourth-order valence-corrected chi connectivity index (χ4v) is 4.06. The van der Waals surface area contributed by atoms with Gasteiger partial charge >= 0.3 is 0 Å². The molecule has 0 saturated carbocycles. The average molecular weight is 438 g/mol. The Kier molecular flexibility index (Phi) is 5.96. The third-order valence-corrected chi connectivity index (χ3v) is 5.80. The van der Waals surface area contributed by atoms with Crippen molar-refractivity contribution in [2.24, 2.45) is 0 Å². The summed E-state index contributed by atoms with van der Waals surface area (Å²) >= 11 is 1.67. The molecule has 31 heavy (non-hydrogen) atoms. The molecule has 1 aliphatic heterocycles. The molecule has 160 valence electrons. The average Bonchev–Trinajstić information content (AvgIpc) is 3.48. The molecule has 4 aromatic heterocycles. The Morgan fingerprint density at radius 3 is 2.87 bits per heavy atom. The molecule has 1 fully saturated rings. The molecular formula is C20H23N9OS. The zero-order valence-corrected chi connectivity index (χ0v) is 17.7. The molecule has 0 amide bonds. The summed E-state index contributed by atoms with van der Waals surface area (Å²) in [6.45, 7) is 5.91. The topological polar surface area (TPSA) is 117 Å². The Morgan fingerprint density at radius 1 is 1.10 bits per heavy atom. The zero-order valence-electron chi connectivity index (χ0n) is 16.9. The highest BCUT2D eigenvalue weighted by Gasteiger charge is 2.13. The summed E-state index contributed by atoms with van der Waals surface area (Å²) in [5.74, 6) is 1.13. The molecule has 3 N–H and O–H groups in total. The van der Waals surface area contributed by atoms with E-state index >= 15 is 0 Å². The van der Waals surface area contributed by atoms with Gasteiger partial charge in [0, 0.05) is 45.1 Å². The Bertz CT molecular complexity index is 1120. The summed E-state index contributed by atoms with van der Waals surface area (Å²) < 4.78 is 5.38. The Morgan fingerprint density at radius 2 is 2.00 bits per heavy atom. The summed E-state index contributed by atoms with van der Waals surface area (Å²) in [5.41, 5.74) is 3.32. The van der Waals surface area contributed by atoms with Crippen LogP contribution in [0.4, 0.5) is 11.9 Å². The maximum Gasteiger partial charge on any atom is 0.224 e. The van der Waals surface area contributed by atoms with Gasteiger partial charge in [-0.3, -0.25) is 10.00 Å². The number of fused-ring (bicyclic) bond motifs is 1. The van der Waals surface area contributed by atoms with E-state index in [4.69, 9.17) is 4.74 Å². The smallest absolute Gasteiger partial charge is 0.224 e. The summed E-state index contributed by atoms with van der Waals surface area (Å²) in [6.07, 6.45) is 3.51. The van der Waals surface area contributed by atoms with E-state index < -0.39 is 0 Å². The maximum atomic E-state index is 5.38. The minimum absolute atomic E-state index is 0.564. The third-order valence-electron chi connectivity index (χ3n) is 5.07. The van der Waals surface area contributed by atoms with Crippen molar-refractivity contribution < 1.29 is 4.74 Å². The summed E-state index contributed by atoms with van der Waals surface area (Å²) in [7, 11) is 0. The lowest BCUT2D eigenvalue weighted by Crippen LogP contribution is -2.39. The van der Waals surface area contributed by atoms with Crippen molar-refractivity contribution in [3.63, 3.8) is 0 Å². The van der Waals surface area contributed by atoms with E-state index in [2.05, 4.69) is 62.5 Å². The Labute approximate surface area is 183 Å². The first kappa shape index (κ1) is 19.8. The van der Waals surface area contributed by atoms with Crippen LogP contribution in [0.25, 0.3) is 22.4 Å². The van der Waals surface area contributed by atoms with E-state index in [9.17, 15) is 0 Å². The fourth-order valence-electron chi connectivity index (χ4n) is 3.39. The van der Waals surface area contributed by atoms with Crippen LogP contribution >= 0.6 is 11.3 Å². The second-order valence-electron chi connectivity index (χ2n) is 7.16. The van der Waals surface area contributed by atoms with E-state index in [1.165, 1.54) is 5.56 Å². The van der Waals surface area contributed by atoms with Crippen molar-refractivity contribution in [2.45, 2.75) is 6.54 Å². The minimum atomic E-state index is 0.564. The second kappa shape index (κ2) is 9.33. The summed E-state index contributed by atoms with van der Waals surface area (Å²) in [6, 6.07) is 3.92. The predicted molar refractivity (Wildman–Crippen MR) is 120 cm³/mol. The number of aromatic nitrogens is 6. The standard InChI is InChI=1S/C20H23N9OS/c1-3-21-19(23-11-14-2-10-31-13-14)25-16(1)17-15-12-24-20(26-18(15)28-27-17)22-4-5-29-6-8-30-9-7-29/h1-3,10,12-13H,4-9,11H2,(H,21,23,25)(H2,22,24,26,27,28). The first-order valence-electron chi connectivity index (χ1n) is 10.2. The lowest BCUT2D eigenvalue weighted by Gasteiger charge is -2.26. The molecule has 0 radical (unpaired) electrons. The number of rotatable bonds is 8. The SMILES string of the molecule is c1cc(-c2[nH]nc3nc(NCCN4CCOCC4)ncc23)nc(NCc2ccsc2)n1. The quantitative estimate of drug-likeness (QED) is 0.381. The van der Waals surface area contributed by atoms with Gasteiger partial charge in [0.25, 0.3) is 0 Å². The number of hydrogen-bond acceptors (Lipinski definition) is 10. The minimum Gasteiger partial charge on any atom is -0.379 e. The van der Waals surface area contributed by atoms with Gasteiger partial charge in [-0.1, -0.05) is 0 Å².